The molecule has 0 saturated carbocycles. The molecule has 0 amide bonds. The first kappa shape index (κ1) is 14.0. The number of rotatable bonds is 5. The Hall–Kier alpha value is -0.0631. The molecule has 92 valence electrons. The summed E-state index contributed by atoms with van der Waals surface area (Å²) in [4.78, 5) is 2.18. The van der Waals surface area contributed by atoms with Crippen molar-refractivity contribution in [3.05, 3.63) is 22.3 Å². The Morgan fingerprint density at radius 2 is 2.12 bits per heavy atom. The number of hydrogen-bond acceptors (Lipinski definition) is 2. The Morgan fingerprint density at radius 1 is 1.44 bits per heavy atom. The molecule has 0 unspecified atom stereocenters. The van der Waals surface area contributed by atoms with Crippen molar-refractivity contribution in [2.75, 3.05) is 19.9 Å². The third-order valence-corrected chi connectivity index (χ3v) is 5.09. The fourth-order valence-electron chi connectivity index (χ4n) is 1.32. The van der Waals surface area contributed by atoms with Gasteiger partial charge in [0.15, 0.2) is 0 Å². The maximum absolute atomic E-state index is 5.70. The van der Waals surface area contributed by atoms with Gasteiger partial charge in [-0.1, -0.05) is 25.7 Å². The zero-order valence-electron chi connectivity index (χ0n) is 10.7. The lowest BCUT2D eigenvalue weighted by Gasteiger charge is -2.24. The van der Waals surface area contributed by atoms with Crippen molar-refractivity contribution in [1.82, 2.24) is 4.90 Å². The van der Waals surface area contributed by atoms with Gasteiger partial charge in [0.05, 0.1) is 0 Å². The molecule has 0 aromatic carbocycles. The molecule has 0 fully saturated rings. The average molecular weight is 304 g/mol. The zero-order chi connectivity index (χ0) is 12.2. The summed E-state index contributed by atoms with van der Waals surface area (Å²) in [6.45, 7) is 11.8. The lowest BCUT2D eigenvalue weighted by molar-refractivity contribution is 0.0670. The van der Waals surface area contributed by atoms with Crippen LogP contribution in [0.3, 0.4) is 0 Å². The number of halogens is 1. The molecule has 0 bridgehead atoms. The predicted octanol–water partition coefficient (Wildman–Crippen LogP) is 3.80. The second-order valence-corrected chi connectivity index (χ2v) is 12.0. The van der Waals surface area contributed by atoms with Gasteiger partial charge in [-0.25, -0.2) is 0 Å². The molecule has 1 aliphatic heterocycles. The van der Waals surface area contributed by atoms with Gasteiger partial charge in [-0.15, -0.1) is 0 Å². The van der Waals surface area contributed by atoms with E-state index in [0.717, 1.165) is 17.6 Å². The molecule has 0 aromatic heterocycles. The number of hydrogen-bond donors (Lipinski definition) is 0. The average Bonchev–Trinajstić information content (AvgIpc) is 2.17. The zero-order valence-corrected chi connectivity index (χ0v) is 13.3. The molecule has 16 heavy (non-hydrogen) atoms. The Bertz CT molecular complexity index is 294. The lowest BCUT2D eigenvalue weighted by atomic mass is 10.2. The van der Waals surface area contributed by atoms with Crippen molar-refractivity contribution < 1.29 is 4.74 Å². The van der Waals surface area contributed by atoms with Crippen LogP contribution in [0.2, 0.25) is 25.7 Å². The van der Waals surface area contributed by atoms with Crippen LogP contribution in [-0.4, -0.2) is 32.9 Å². The van der Waals surface area contributed by atoms with Gasteiger partial charge in [-0.05, 0) is 34.5 Å². The standard InChI is InChI=1S/C12H22BrNOSi/c1-11-5-6-14(9-12(11)13)10-15-7-8-16(2,3)4/h5,9H,6-8,10H2,1-4H3. The van der Waals surface area contributed by atoms with Crippen LogP contribution in [0.15, 0.2) is 22.3 Å². The van der Waals surface area contributed by atoms with E-state index in [9.17, 15) is 0 Å². The van der Waals surface area contributed by atoms with E-state index in [1.165, 1.54) is 11.6 Å². The molecule has 0 spiro atoms. The summed E-state index contributed by atoms with van der Waals surface area (Å²) >= 11 is 3.54. The second kappa shape index (κ2) is 6.03. The largest absolute Gasteiger partial charge is 0.361 e. The second-order valence-electron chi connectivity index (χ2n) is 5.48. The fourth-order valence-corrected chi connectivity index (χ4v) is 2.52. The van der Waals surface area contributed by atoms with Gasteiger partial charge in [0, 0.05) is 31.9 Å². The van der Waals surface area contributed by atoms with Crippen LogP contribution in [0.1, 0.15) is 6.92 Å². The highest BCUT2D eigenvalue weighted by atomic mass is 79.9. The summed E-state index contributed by atoms with van der Waals surface area (Å²) in [7, 11) is -0.949. The topological polar surface area (TPSA) is 12.5 Å². The number of nitrogens with zero attached hydrogens (tertiary/aromatic N) is 1. The van der Waals surface area contributed by atoms with E-state index in [2.05, 4.69) is 59.7 Å². The van der Waals surface area contributed by atoms with Crippen LogP contribution in [0.4, 0.5) is 0 Å². The van der Waals surface area contributed by atoms with Crippen LogP contribution in [0.25, 0.3) is 0 Å². The molecule has 0 radical (unpaired) electrons. The molecule has 4 heteroatoms. The van der Waals surface area contributed by atoms with E-state index in [4.69, 9.17) is 4.74 Å². The number of allylic oxidation sites excluding steroid dienone is 2. The minimum atomic E-state index is -0.949. The Kier molecular flexibility index (Phi) is 5.28. The van der Waals surface area contributed by atoms with Gasteiger partial charge in [0.1, 0.15) is 6.73 Å². The van der Waals surface area contributed by atoms with Crippen molar-refractivity contribution >= 4 is 24.0 Å². The van der Waals surface area contributed by atoms with E-state index in [-0.39, 0.29) is 0 Å². The summed E-state index contributed by atoms with van der Waals surface area (Å²) in [5, 5.41) is 0. The molecular weight excluding hydrogens is 282 g/mol. The first-order valence-corrected chi connectivity index (χ1v) is 10.2. The van der Waals surface area contributed by atoms with Crippen LogP contribution < -0.4 is 0 Å². The molecule has 2 nitrogen and oxygen atoms in total. The van der Waals surface area contributed by atoms with Gasteiger partial charge >= 0.3 is 0 Å². The van der Waals surface area contributed by atoms with Crippen molar-refractivity contribution in [3.8, 4) is 0 Å². The van der Waals surface area contributed by atoms with E-state index in [0.29, 0.717) is 6.73 Å². The highest BCUT2D eigenvalue weighted by Crippen LogP contribution is 2.21. The molecule has 0 N–H and O–H groups in total. The van der Waals surface area contributed by atoms with Gasteiger partial charge in [-0.3, -0.25) is 0 Å². The van der Waals surface area contributed by atoms with Gasteiger partial charge in [0.25, 0.3) is 0 Å². The summed E-state index contributed by atoms with van der Waals surface area (Å²) in [5.41, 5.74) is 1.30. The van der Waals surface area contributed by atoms with E-state index in [1.807, 2.05) is 0 Å². The smallest absolute Gasteiger partial charge is 0.118 e. The van der Waals surface area contributed by atoms with E-state index in [1.54, 1.807) is 0 Å². The third-order valence-electron chi connectivity index (χ3n) is 2.56. The molecule has 0 aliphatic carbocycles. The van der Waals surface area contributed by atoms with Gasteiger partial charge in [0.2, 0.25) is 0 Å². The van der Waals surface area contributed by atoms with Crippen LogP contribution >= 0.6 is 15.9 Å². The first-order valence-electron chi connectivity index (χ1n) is 5.75. The molecular formula is C12H22BrNOSi. The molecule has 0 saturated heterocycles. The summed E-state index contributed by atoms with van der Waals surface area (Å²) < 4.78 is 6.86. The van der Waals surface area contributed by atoms with E-state index < -0.39 is 8.07 Å². The normalized spacial score (nSPS) is 17.2. The van der Waals surface area contributed by atoms with Crippen molar-refractivity contribution in [2.45, 2.75) is 32.6 Å². The summed E-state index contributed by atoms with van der Waals surface area (Å²) in [6.07, 6.45) is 4.33. The SMILES string of the molecule is CC1=CCN(COCC[Si](C)(C)C)C=C1Br. The highest BCUT2D eigenvalue weighted by molar-refractivity contribution is 9.12. The lowest BCUT2D eigenvalue weighted by Crippen LogP contribution is -2.26. The van der Waals surface area contributed by atoms with Crippen molar-refractivity contribution in [2.24, 2.45) is 0 Å². The monoisotopic (exact) mass is 303 g/mol. The van der Waals surface area contributed by atoms with Gasteiger partial charge in [-0.2, -0.15) is 0 Å². The minimum Gasteiger partial charge on any atom is -0.361 e. The van der Waals surface area contributed by atoms with Crippen LogP contribution in [-0.2, 0) is 4.74 Å². The van der Waals surface area contributed by atoms with Gasteiger partial charge < -0.3 is 9.64 Å². The van der Waals surface area contributed by atoms with Crippen LogP contribution in [0, 0.1) is 0 Å². The molecule has 1 heterocycles. The molecule has 1 rings (SSSR count). The molecule has 0 atom stereocenters. The third kappa shape index (κ3) is 5.32. The molecule has 1 aliphatic rings. The quantitative estimate of drug-likeness (QED) is 0.566. The van der Waals surface area contributed by atoms with Crippen molar-refractivity contribution in [3.63, 3.8) is 0 Å². The van der Waals surface area contributed by atoms with Crippen molar-refractivity contribution in [1.29, 1.82) is 0 Å². The van der Waals surface area contributed by atoms with E-state index >= 15 is 0 Å². The maximum Gasteiger partial charge on any atom is 0.118 e. The minimum absolute atomic E-state index is 0.698. The summed E-state index contributed by atoms with van der Waals surface area (Å²) in [5.74, 6) is 0. The number of ether oxygens (including phenoxy) is 1. The Morgan fingerprint density at radius 3 is 2.69 bits per heavy atom. The predicted molar refractivity (Wildman–Crippen MR) is 76.4 cm³/mol. The molecule has 0 aromatic rings. The first-order chi connectivity index (χ1) is 7.38. The fraction of sp³-hybridized carbons (Fsp3) is 0.667. The Balaban J connectivity index is 2.21. The van der Waals surface area contributed by atoms with Crippen LogP contribution in [0.5, 0.6) is 0 Å². The Labute approximate surface area is 108 Å². The highest BCUT2D eigenvalue weighted by Gasteiger charge is 2.13. The summed E-state index contributed by atoms with van der Waals surface area (Å²) in [6, 6.07) is 1.24. The maximum atomic E-state index is 5.70.